The highest BCUT2D eigenvalue weighted by Crippen LogP contribution is 2.12. The maximum Gasteiger partial charge on any atom is 0.328 e. The van der Waals surface area contributed by atoms with E-state index in [0.717, 1.165) is 11.6 Å². The molecule has 3 heteroatoms. The number of carboxylic acid groups (broad SMARTS) is 1. The zero-order valence-corrected chi connectivity index (χ0v) is 7.51. The monoisotopic (exact) mass is 190 g/mol. The first-order valence-electron chi connectivity index (χ1n) is 4.01. The fourth-order valence-corrected chi connectivity index (χ4v) is 0.921. The van der Waals surface area contributed by atoms with Crippen LogP contribution in [0.1, 0.15) is 5.56 Å². The lowest BCUT2D eigenvalue weighted by atomic mass is 10.2. The Morgan fingerprint density at radius 1 is 1.36 bits per heavy atom. The van der Waals surface area contributed by atoms with Crippen molar-refractivity contribution >= 4 is 12.0 Å². The van der Waals surface area contributed by atoms with Crippen LogP contribution in [0, 0.1) is 0 Å². The smallest absolute Gasteiger partial charge is 0.328 e. The number of benzene rings is 1. The Hall–Kier alpha value is -2.03. The van der Waals surface area contributed by atoms with Crippen LogP contribution in [0.4, 0.5) is 0 Å². The first-order valence-corrected chi connectivity index (χ1v) is 4.01. The Labute approximate surface area is 81.9 Å². The Balaban J connectivity index is 2.73. The predicted molar refractivity (Wildman–Crippen MR) is 53.9 cm³/mol. The molecule has 0 aromatic heterocycles. The summed E-state index contributed by atoms with van der Waals surface area (Å²) in [5, 5.41) is 8.39. The lowest BCUT2D eigenvalue weighted by Gasteiger charge is -1.98. The van der Waals surface area contributed by atoms with E-state index in [-0.39, 0.29) is 0 Å². The van der Waals surface area contributed by atoms with Gasteiger partial charge in [-0.15, -0.1) is 0 Å². The standard InChI is InChI=1S/C11H10O3/c1-2-14-10-6-3-9(4-7-10)5-8-11(12)13/h2-8H,1H2,(H,12,13). The van der Waals surface area contributed by atoms with E-state index in [2.05, 4.69) is 6.58 Å². The average Bonchev–Trinajstić information content (AvgIpc) is 2.17. The van der Waals surface area contributed by atoms with Crippen molar-refractivity contribution in [2.24, 2.45) is 0 Å². The first kappa shape index (κ1) is 10.1. The van der Waals surface area contributed by atoms with Gasteiger partial charge < -0.3 is 9.84 Å². The molecule has 0 spiro atoms. The molecule has 0 fully saturated rings. The number of hydrogen-bond acceptors (Lipinski definition) is 2. The molecular formula is C11H10O3. The molecule has 0 saturated carbocycles. The highest BCUT2D eigenvalue weighted by Gasteiger charge is 1.91. The van der Waals surface area contributed by atoms with Crippen LogP contribution in [0.25, 0.3) is 6.08 Å². The minimum Gasteiger partial charge on any atom is -0.478 e. The van der Waals surface area contributed by atoms with Crippen molar-refractivity contribution in [3.05, 3.63) is 48.7 Å². The molecule has 3 nitrogen and oxygen atoms in total. The third-order valence-corrected chi connectivity index (χ3v) is 1.52. The molecule has 0 atom stereocenters. The van der Waals surface area contributed by atoms with E-state index in [1.54, 1.807) is 24.3 Å². The van der Waals surface area contributed by atoms with Gasteiger partial charge in [-0.2, -0.15) is 0 Å². The Bertz CT molecular complexity index is 349. The van der Waals surface area contributed by atoms with Gasteiger partial charge in [-0.05, 0) is 23.8 Å². The van der Waals surface area contributed by atoms with Crippen molar-refractivity contribution < 1.29 is 14.6 Å². The van der Waals surface area contributed by atoms with E-state index < -0.39 is 5.97 Å². The van der Waals surface area contributed by atoms with E-state index in [0.29, 0.717) is 5.75 Å². The Kier molecular flexibility index (Phi) is 3.49. The van der Waals surface area contributed by atoms with Gasteiger partial charge in [0.1, 0.15) is 5.75 Å². The van der Waals surface area contributed by atoms with Crippen molar-refractivity contribution in [2.45, 2.75) is 0 Å². The van der Waals surface area contributed by atoms with Crippen LogP contribution in [-0.2, 0) is 4.79 Å². The lowest BCUT2D eigenvalue weighted by Crippen LogP contribution is -1.85. The highest BCUT2D eigenvalue weighted by atomic mass is 16.5. The average molecular weight is 190 g/mol. The zero-order valence-electron chi connectivity index (χ0n) is 7.51. The maximum absolute atomic E-state index is 10.2. The van der Waals surface area contributed by atoms with Gasteiger partial charge >= 0.3 is 5.97 Å². The van der Waals surface area contributed by atoms with E-state index in [1.165, 1.54) is 12.3 Å². The molecule has 0 radical (unpaired) electrons. The quantitative estimate of drug-likeness (QED) is 0.585. The van der Waals surface area contributed by atoms with Crippen molar-refractivity contribution in [1.82, 2.24) is 0 Å². The van der Waals surface area contributed by atoms with Gasteiger partial charge in [-0.3, -0.25) is 0 Å². The third kappa shape index (κ3) is 3.15. The van der Waals surface area contributed by atoms with Gasteiger partial charge in [0.05, 0.1) is 6.26 Å². The summed E-state index contributed by atoms with van der Waals surface area (Å²) in [6.07, 6.45) is 3.94. The summed E-state index contributed by atoms with van der Waals surface area (Å²) in [6, 6.07) is 7.00. The van der Waals surface area contributed by atoms with Gasteiger partial charge in [-0.1, -0.05) is 18.7 Å². The number of aliphatic carboxylic acids is 1. The molecule has 0 bridgehead atoms. The summed E-state index contributed by atoms with van der Waals surface area (Å²) in [6.45, 7) is 3.42. The van der Waals surface area contributed by atoms with Crippen molar-refractivity contribution in [2.75, 3.05) is 0 Å². The van der Waals surface area contributed by atoms with Crippen LogP contribution in [0.5, 0.6) is 5.75 Å². The summed E-state index contributed by atoms with van der Waals surface area (Å²) >= 11 is 0. The van der Waals surface area contributed by atoms with Crippen LogP contribution in [0.2, 0.25) is 0 Å². The minimum absolute atomic E-state index is 0.674. The Morgan fingerprint density at radius 3 is 2.50 bits per heavy atom. The van der Waals surface area contributed by atoms with Crippen molar-refractivity contribution in [3.63, 3.8) is 0 Å². The molecule has 0 unspecified atom stereocenters. The second-order valence-corrected chi connectivity index (χ2v) is 2.53. The number of carbonyl (C=O) groups is 1. The highest BCUT2D eigenvalue weighted by molar-refractivity contribution is 5.85. The molecule has 1 rings (SSSR count). The summed E-state index contributed by atoms with van der Waals surface area (Å²) in [5.74, 6) is -0.288. The predicted octanol–water partition coefficient (Wildman–Crippen LogP) is 2.31. The van der Waals surface area contributed by atoms with Crippen LogP contribution >= 0.6 is 0 Å². The largest absolute Gasteiger partial charge is 0.478 e. The molecule has 1 aromatic carbocycles. The molecule has 0 aliphatic carbocycles. The van der Waals surface area contributed by atoms with Crippen molar-refractivity contribution in [1.29, 1.82) is 0 Å². The summed E-state index contributed by atoms with van der Waals surface area (Å²) in [4.78, 5) is 10.2. The SMILES string of the molecule is C=COc1ccc(C=CC(=O)O)cc1. The molecule has 0 aliphatic rings. The molecule has 1 aromatic rings. The molecule has 72 valence electrons. The summed E-state index contributed by atoms with van der Waals surface area (Å²) < 4.78 is 5.01. The summed E-state index contributed by atoms with van der Waals surface area (Å²) in [5.41, 5.74) is 0.809. The normalized spacial score (nSPS) is 10.0. The lowest BCUT2D eigenvalue weighted by molar-refractivity contribution is -0.131. The third-order valence-electron chi connectivity index (χ3n) is 1.52. The molecule has 0 saturated heterocycles. The van der Waals surface area contributed by atoms with Gasteiger partial charge in [-0.25, -0.2) is 4.79 Å². The minimum atomic E-state index is -0.962. The van der Waals surface area contributed by atoms with Gasteiger partial charge in [0.25, 0.3) is 0 Å². The van der Waals surface area contributed by atoms with E-state index >= 15 is 0 Å². The van der Waals surface area contributed by atoms with Crippen molar-refractivity contribution in [3.8, 4) is 5.75 Å². The maximum atomic E-state index is 10.2. The number of carboxylic acids is 1. The number of ether oxygens (including phenoxy) is 1. The van der Waals surface area contributed by atoms with Gasteiger partial charge in [0.2, 0.25) is 0 Å². The van der Waals surface area contributed by atoms with Crippen LogP contribution in [-0.4, -0.2) is 11.1 Å². The zero-order chi connectivity index (χ0) is 10.4. The molecule has 0 aliphatic heterocycles. The second kappa shape index (κ2) is 4.87. The first-order chi connectivity index (χ1) is 6.72. The van der Waals surface area contributed by atoms with Crippen LogP contribution < -0.4 is 4.74 Å². The fourth-order valence-electron chi connectivity index (χ4n) is 0.921. The van der Waals surface area contributed by atoms with E-state index in [1.807, 2.05) is 0 Å². The molecular weight excluding hydrogens is 180 g/mol. The molecule has 14 heavy (non-hydrogen) atoms. The van der Waals surface area contributed by atoms with Crippen LogP contribution in [0.15, 0.2) is 43.2 Å². The van der Waals surface area contributed by atoms with Gasteiger partial charge in [0.15, 0.2) is 0 Å². The molecule has 0 amide bonds. The molecule has 0 heterocycles. The van der Waals surface area contributed by atoms with E-state index in [9.17, 15) is 4.79 Å². The second-order valence-electron chi connectivity index (χ2n) is 2.53. The van der Waals surface area contributed by atoms with E-state index in [4.69, 9.17) is 9.84 Å². The van der Waals surface area contributed by atoms with Gasteiger partial charge in [0, 0.05) is 6.08 Å². The van der Waals surface area contributed by atoms with Crippen LogP contribution in [0.3, 0.4) is 0 Å². The topological polar surface area (TPSA) is 46.5 Å². The fraction of sp³-hybridized carbons (Fsp3) is 0. The number of hydrogen-bond donors (Lipinski definition) is 1. The summed E-state index contributed by atoms with van der Waals surface area (Å²) in [7, 11) is 0. The Morgan fingerprint density at radius 2 is 2.00 bits per heavy atom. The molecule has 1 N–H and O–H groups in total. The number of rotatable bonds is 4.